The van der Waals surface area contributed by atoms with Gasteiger partial charge in [0.05, 0.1) is 17.5 Å². The van der Waals surface area contributed by atoms with Crippen molar-refractivity contribution in [2.75, 3.05) is 19.6 Å². The predicted molar refractivity (Wildman–Crippen MR) is 115 cm³/mol. The van der Waals surface area contributed by atoms with Crippen LogP contribution in [0.2, 0.25) is 0 Å². The number of H-pyrrole nitrogens is 1. The van der Waals surface area contributed by atoms with E-state index in [0.29, 0.717) is 12.1 Å². The summed E-state index contributed by atoms with van der Waals surface area (Å²) >= 11 is 0. The summed E-state index contributed by atoms with van der Waals surface area (Å²) in [7, 11) is 0. The van der Waals surface area contributed by atoms with Gasteiger partial charge in [0, 0.05) is 56.7 Å². The van der Waals surface area contributed by atoms with Crippen LogP contribution in [0.1, 0.15) is 29.5 Å². The SMILES string of the molecule is FC(F)(F)c1ccc(-c2[nH]ncc2CN2CCC3(CC2)CNCc2ccccc2O3)cc1. The Morgan fingerprint density at radius 3 is 2.53 bits per heavy atom. The Kier molecular flexibility index (Phi) is 5.43. The van der Waals surface area contributed by atoms with Gasteiger partial charge in [-0.1, -0.05) is 30.3 Å². The number of nitrogens with zero attached hydrogens (tertiary/aromatic N) is 2. The Morgan fingerprint density at radius 2 is 1.78 bits per heavy atom. The van der Waals surface area contributed by atoms with Crippen LogP contribution in [0.4, 0.5) is 13.2 Å². The lowest BCUT2D eigenvalue weighted by Crippen LogP contribution is -2.52. The topological polar surface area (TPSA) is 53.2 Å². The molecule has 5 rings (SSSR count). The maximum absolute atomic E-state index is 12.9. The number of nitrogens with one attached hydrogen (secondary N) is 2. The van der Waals surface area contributed by atoms with E-state index in [-0.39, 0.29) is 5.60 Å². The fraction of sp³-hybridized carbons (Fsp3) is 0.375. The molecule has 0 unspecified atom stereocenters. The van der Waals surface area contributed by atoms with E-state index >= 15 is 0 Å². The molecule has 3 heterocycles. The normalized spacial score (nSPS) is 18.7. The molecule has 8 heteroatoms. The van der Waals surface area contributed by atoms with Crippen LogP contribution in [0.25, 0.3) is 11.3 Å². The number of aromatic nitrogens is 2. The van der Waals surface area contributed by atoms with Crippen molar-refractivity contribution < 1.29 is 17.9 Å². The number of para-hydroxylation sites is 1. The van der Waals surface area contributed by atoms with Crippen LogP contribution in [0, 0.1) is 0 Å². The highest BCUT2D eigenvalue weighted by molar-refractivity contribution is 5.63. The number of alkyl halides is 3. The molecule has 32 heavy (non-hydrogen) atoms. The fourth-order valence-corrected chi connectivity index (χ4v) is 4.59. The molecule has 0 saturated carbocycles. The van der Waals surface area contributed by atoms with Crippen molar-refractivity contribution in [2.45, 2.75) is 37.7 Å². The van der Waals surface area contributed by atoms with E-state index in [1.807, 2.05) is 18.2 Å². The standard InChI is InChI=1S/C24H25F3N4O/c25-24(26,27)20-7-5-17(6-8-20)22-19(14-29-30-22)15-31-11-9-23(10-12-31)16-28-13-18-3-1-2-4-21(18)32-23/h1-8,14,28H,9-13,15-16H2,(H,29,30). The van der Waals surface area contributed by atoms with E-state index in [2.05, 4.69) is 26.5 Å². The van der Waals surface area contributed by atoms with Crippen LogP contribution >= 0.6 is 0 Å². The second-order valence-corrected chi connectivity index (χ2v) is 8.62. The van der Waals surface area contributed by atoms with E-state index in [1.165, 1.54) is 17.7 Å². The number of piperidine rings is 1. The summed E-state index contributed by atoms with van der Waals surface area (Å²) in [5.74, 6) is 0.963. The van der Waals surface area contributed by atoms with Gasteiger partial charge in [0.15, 0.2) is 0 Å². The molecule has 168 valence electrons. The summed E-state index contributed by atoms with van der Waals surface area (Å²) in [5, 5.41) is 10.6. The van der Waals surface area contributed by atoms with Crippen LogP contribution in [0.3, 0.4) is 0 Å². The van der Waals surface area contributed by atoms with E-state index in [1.54, 1.807) is 6.20 Å². The minimum absolute atomic E-state index is 0.213. The molecular formula is C24H25F3N4O. The minimum atomic E-state index is -4.34. The van der Waals surface area contributed by atoms with Gasteiger partial charge in [-0.2, -0.15) is 18.3 Å². The number of likely N-dealkylation sites (tertiary alicyclic amines) is 1. The fourth-order valence-electron chi connectivity index (χ4n) is 4.59. The van der Waals surface area contributed by atoms with Crippen LogP contribution in [0.5, 0.6) is 5.75 Å². The molecule has 0 atom stereocenters. The number of halogens is 3. The van der Waals surface area contributed by atoms with Gasteiger partial charge >= 0.3 is 6.18 Å². The Labute approximate surface area is 184 Å². The van der Waals surface area contributed by atoms with Crippen molar-refractivity contribution in [2.24, 2.45) is 0 Å². The summed E-state index contributed by atoms with van der Waals surface area (Å²) in [6, 6.07) is 13.4. The van der Waals surface area contributed by atoms with Crippen molar-refractivity contribution in [3.8, 4) is 17.0 Å². The van der Waals surface area contributed by atoms with Gasteiger partial charge in [-0.3, -0.25) is 10.00 Å². The van der Waals surface area contributed by atoms with E-state index in [0.717, 1.165) is 68.2 Å². The molecule has 1 fully saturated rings. The molecule has 3 aromatic rings. The summed E-state index contributed by atoms with van der Waals surface area (Å²) in [6.45, 7) is 4.07. The van der Waals surface area contributed by atoms with Gasteiger partial charge < -0.3 is 10.1 Å². The Hall–Kier alpha value is -2.84. The first-order valence-corrected chi connectivity index (χ1v) is 10.8. The zero-order chi connectivity index (χ0) is 22.2. The lowest BCUT2D eigenvalue weighted by Gasteiger charge is -2.41. The first kappa shape index (κ1) is 21.0. The smallest absolute Gasteiger partial charge is 0.416 e. The van der Waals surface area contributed by atoms with Gasteiger partial charge in [-0.25, -0.2) is 0 Å². The zero-order valence-corrected chi connectivity index (χ0v) is 17.6. The first-order chi connectivity index (χ1) is 15.4. The maximum atomic E-state index is 12.9. The third-order valence-electron chi connectivity index (χ3n) is 6.44. The van der Waals surface area contributed by atoms with Crippen LogP contribution in [-0.2, 0) is 19.3 Å². The maximum Gasteiger partial charge on any atom is 0.416 e. The van der Waals surface area contributed by atoms with Crippen molar-refractivity contribution in [1.29, 1.82) is 0 Å². The number of ether oxygens (including phenoxy) is 1. The summed E-state index contributed by atoms with van der Waals surface area (Å²) in [4.78, 5) is 2.35. The van der Waals surface area contributed by atoms with Gasteiger partial charge in [0.1, 0.15) is 11.4 Å². The molecule has 2 aliphatic rings. The highest BCUT2D eigenvalue weighted by atomic mass is 19.4. The minimum Gasteiger partial charge on any atom is -0.486 e. The average Bonchev–Trinajstić information content (AvgIpc) is 3.16. The second kappa shape index (κ2) is 8.26. The molecule has 0 amide bonds. The molecule has 0 bridgehead atoms. The van der Waals surface area contributed by atoms with Gasteiger partial charge in [-0.15, -0.1) is 0 Å². The lowest BCUT2D eigenvalue weighted by atomic mass is 9.90. The quantitative estimate of drug-likeness (QED) is 0.622. The average molecular weight is 442 g/mol. The number of hydrogen-bond acceptors (Lipinski definition) is 4. The van der Waals surface area contributed by atoms with Crippen LogP contribution in [0.15, 0.2) is 54.7 Å². The van der Waals surface area contributed by atoms with E-state index < -0.39 is 11.7 Å². The Balaban J connectivity index is 1.25. The van der Waals surface area contributed by atoms with Crippen molar-refractivity contribution >= 4 is 0 Å². The van der Waals surface area contributed by atoms with Crippen molar-refractivity contribution in [3.05, 3.63) is 71.4 Å². The molecule has 0 radical (unpaired) electrons. The first-order valence-electron chi connectivity index (χ1n) is 10.8. The zero-order valence-electron chi connectivity index (χ0n) is 17.6. The second-order valence-electron chi connectivity index (χ2n) is 8.62. The number of hydrogen-bond donors (Lipinski definition) is 2. The summed E-state index contributed by atoms with van der Waals surface area (Å²) in [5.41, 5.74) is 2.77. The van der Waals surface area contributed by atoms with Gasteiger partial charge in [0.2, 0.25) is 0 Å². The molecule has 2 aliphatic heterocycles. The third kappa shape index (κ3) is 4.25. The van der Waals surface area contributed by atoms with Crippen molar-refractivity contribution in [1.82, 2.24) is 20.4 Å². The highest BCUT2D eigenvalue weighted by Gasteiger charge is 2.38. The predicted octanol–water partition coefficient (Wildman–Crippen LogP) is 4.61. The van der Waals surface area contributed by atoms with Gasteiger partial charge in [0.25, 0.3) is 0 Å². The molecule has 2 N–H and O–H groups in total. The molecule has 0 aliphatic carbocycles. The molecule has 1 aromatic heterocycles. The van der Waals surface area contributed by atoms with E-state index in [9.17, 15) is 13.2 Å². The summed E-state index contributed by atoms with van der Waals surface area (Å²) in [6.07, 6.45) is -0.768. The number of benzene rings is 2. The lowest BCUT2D eigenvalue weighted by molar-refractivity contribution is -0.137. The molecule has 2 aromatic carbocycles. The van der Waals surface area contributed by atoms with Gasteiger partial charge in [-0.05, 0) is 23.8 Å². The van der Waals surface area contributed by atoms with Crippen molar-refractivity contribution in [3.63, 3.8) is 0 Å². The number of aromatic amines is 1. The van der Waals surface area contributed by atoms with Crippen LogP contribution < -0.4 is 10.1 Å². The monoisotopic (exact) mass is 442 g/mol. The molecule has 1 saturated heterocycles. The third-order valence-corrected chi connectivity index (χ3v) is 6.44. The molecule has 1 spiro atoms. The Bertz CT molecular complexity index is 1070. The summed E-state index contributed by atoms with van der Waals surface area (Å²) < 4.78 is 45.1. The largest absolute Gasteiger partial charge is 0.486 e. The van der Waals surface area contributed by atoms with Crippen LogP contribution in [-0.4, -0.2) is 40.3 Å². The van der Waals surface area contributed by atoms with E-state index in [4.69, 9.17) is 4.74 Å². The number of fused-ring (bicyclic) bond motifs is 1. The number of rotatable bonds is 3. The highest BCUT2D eigenvalue weighted by Crippen LogP contribution is 2.34. The molecule has 5 nitrogen and oxygen atoms in total. The molecular weight excluding hydrogens is 417 g/mol. The Morgan fingerprint density at radius 1 is 1.03 bits per heavy atom.